The fourth-order valence-electron chi connectivity index (χ4n) is 2.39. The third-order valence-electron chi connectivity index (χ3n) is 3.57. The van der Waals surface area contributed by atoms with E-state index >= 15 is 0 Å². The van der Waals surface area contributed by atoms with Crippen molar-refractivity contribution in [2.75, 3.05) is 5.32 Å². The summed E-state index contributed by atoms with van der Waals surface area (Å²) in [5.74, 6) is 0.864. The van der Waals surface area contributed by atoms with Gasteiger partial charge < -0.3 is 5.32 Å². The predicted octanol–water partition coefficient (Wildman–Crippen LogP) is 4.51. The molecule has 22 heavy (non-hydrogen) atoms. The van der Waals surface area contributed by atoms with Crippen molar-refractivity contribution in [3.63, 3.8) is 0 Å². The van der Waals surface area contributed by atoms with Crippen molar-refractivity contribution in [3.8, 4) is 5.69 Å². The molecule has 0 radical (unpaired) electrons. The van der Waals surface area contributed by atoms with Gasteiger partial charge in [0.25, 0.3) is 0 Å². The molecule has 0 saturated heterocycles. The van der Waals surface area contributed by atoms with Crippen molar-refractivity contribution in [2.45, 2.75) is 19.9 Å². The first kappa shape index (κ1) is 14.8. The van der Waals surface area contributed by atoms with Crippen LogP contribution < -0.4 is 5.32 Å². The second-order valence-electron chi connectivity index (χ2n) is 5.19. The smallest absolute Gasteiger partial charge is 0.126 e. The monoisotopic (exact) mass is 356 g/mol. The molecule has 2 heterocycles. The number of pyridine rings is 1. The van der Waals surface area contributed by atoms with Gasteiger partial charge in [0.1, 0.15) is 5.82 Å². The first-order chi connectivity index (χ1) is 10.6. The van der Waals surface area contributed by atoms with Gasteiger partial charge >= 0.3 is 0 Å². The Morgan fingerprint density at radius 1 is 1.23 bits per heavy atom. The number of aryl methyl sites for hydroxylation is 1. The number of hydrogen-bond donors (Lipinski definition) is 1. The molecule has 0 aliphatic rings. The van der Waals surface area contributed by atoms with Crippen LogP contribution in [0.5, 0.6) is 0 Å². The van der Waals surface area contributed by atoms with Gasteiger partial charge in [-0.05, 0) is 59.1 Å². The number of anilines is 1. The third-order valence-corrected chi connectivity index (χ3v) is 4.40. The molecule has 112 valence electrons. The van der Waals surface area contributed by atoms with E-state index in [4.69, 9.17) is 0 Å². The summed E-state index contributed by atoms with van der Waals surface area (Å²) in [4.78, 5) is 4.42. The minimum Gasteiger partial charge on any atom is -0.363 e. The number of nitrogens with one attached hydrogen (secondary N) is 1. The molecule has 0 saturated carbocycles. The SMILES string of the molecule is Cc1cc(NC(C)c2ccccc2-n2cccn2)ncc1Br. The van der Waals surface area contributed by atoms with Crippen molar-refractivity contribution in [3.05, 3.63) is 70.6 Å². The highest BCUT2D eigenvalue weighted by Gasteiger charge is 2.12. The largest absolute Gasteiger partial charge is 0.363 e. The number of rotatable bonds is 4. The minimum absolute atomic E-state index is 0.119. The van der Waals surface area contributed by atoms with Crippen LogP contribution in [-0.4, -0.2) is 14.8 Å². The van der Waals surface area contributed by atoms with Crippen molar-refractivity contribution in [1.29, 1.82) is 0 Å². The second-order valence-corrected chi connectivity index (χ2v) is 6.05. The molecule has 1 N–H and O–H groups in total. The number of benzene rings is 1. The lowest BCUT2D eigenvalue weighted by Gasteiger charge is -2.19. The van der Waals surface area contributed by atoms with Gasteiger partial charge in [-0.15, -0.1) is 0 Å². The molecule has 1 atom stereocenters. The maximum absolute atomic E-state index is 4.42. The number of aromatic nitrogens is 3. The second kappa shape index (κ2) is 6.32. The van der Waals surface area contributed by atoms with E-state index in [1.807, 2.05) is 41.3 Å². The summed E-state index contributed by atoms with van der Waals surface area (Å²) >= 11 is 3.48. The van der Waals surface area contributed by atoms with Crippen LogP contribution in [0.4, 0.5) is 5.82 Å². The lowest BCUT2D eigenvalue weighted by atomic mass is 10.1. The van der Waals surface area contributed by atoms with E-state index in [1.165, 1.54) is 5.56 Å². The predicted molar refractivity (Wildman–Crippen MR) is 92.3 cm³/mol. The zero-order valence-corrected chi connectivity index (χ0v) is 14.1. The van der Waals surface area contributed by atoms with Gasteiger partial charge in [-0.2, -0.15) is 5.10 Å². The standard InChI is InChI=1S/C17H17BrN4/c1-12-10-17(19-11-15(12)18)21-13(2)14-6-3-4-7-16(14)22-9-5-8-20-22/h3-11,13H,1-2H3,(H,19,21). The molecular formula is C17H17BrN4. The number of hydrogen-bond acceptors (Lipinski definition) is 3. The Morgan fingerprint density at radius 3 is 2.77 bits per heavy atom. The van der Waals surface area contributed by atoms with E-state index in [-0.39, 0.29) is 6.04 Å². The van der Waals surface area contributed by atoms with Gasteiger partial charge in [0.2, 0.25) is 0 Å². The van der Waals surface area contributed by atoms with Crippen molar-refractivity contribution >= 4 is 21.7 Å². The summed E-state index contributed by atoms with van der Waals surface area (Å²) in [5.41, 5.74) is 3.40. The maximum Gasteiger partial charge on any atom is 0.126 e. The molecule has 2 aromatic heterocycles. The van der Waals surface area contributed by atoms with Crippen molar-refractivity contribution in [1.82, 2.24) is 14.8 Å². The molecule has 4 nitrogen and oxygen atoms in total. The zero-order chi connectivity index (χ0) is 15.5. The van der Waals surface area contributed by atoms with E-state index in [1.54, 1.807) is 6.20 Å². The number of para-hydroxylation sites is 1. The Hall–Kier alpha value is -2.14. The summed E-state index contributed by atoms with van der Waals surface area (Å²) in [6.07, 6.45) is 5.56. The van der Waals surface area contributed by atoms with Gasteiger partial charge in [-0.3, -0.25) is 0 Å². The van der Waals surface area contributed by atoms with Crippen LogP contribution >= 0.6 is 15.9 Å². The van der Waals surface area contributed by atoms with Crippen LogP contribution in [0.25, 0.3) is 5.69 Å². The molecule has 1 aromatic carbocycles. The first-order valence-electron chi connectivity index (χ1n) is 7.13. The van der Waals surface area contributed by atoms with Crippen LogP contribution in [0.2, 0.25) is 0 Å². The molecule has 0 fully saturated rings. The van der Waals surface area contributed by atoms with Gasteiger partial charge in [0.15, 0.2) is 0 Å². The lowest BCUT2D eigenvalue weighted by Crippen LogP contribution is -2.11. The topological polar surface area (TPSA) is 42.7 Å². The molecule has 3 aromatic rings. The fourth-order valence-corrected chi connectivity index (χ4v) is 2.61. The molecule has 0 amide bonds. The molecule has 0 bridgehead atoms. The fraction of sp³-hybridized carbons (Fsp3) is 0.176. The molecule has 0 aliphatic heterocycles. The van der Waals surface area contributed by atoms with Gasteiger partial charge in [-0.25, -0.2) is 9.67 Å². The average molecular weight is 357 g/mol. The van der Waals surface area contributed by atoms with Crippen molar-refractivity contribution < 1.29 is 0 Å². The molecular weight excluding hydrogens is 340 g/mol. The van der Waals surface area contributed by atoms with Crippen LogP contribution in [0.15, 0.2) is 59.5 Å². The molecule has 0 spiro atoms. The zero-order valence-electron chi connectivity index (χ0n) is 12.5. The van der Waals surface area contributed by atoms with Crippen LogP contribution in [-0.2, 0) is 0 Å². The molecule has 0 aliphatic carbocycles. The normalized spacial score (nSPS) is 12.1. The van der Waals surface area contributed by atoms with E-state index < -0.39 is 0 Å². The average Bonchev–Trinajstić information content (AvgIpc) is 3.05. The quantitative estimate of drug-likeness (QED) is 0.747. The number of nitrogens with zero attached hydrogens (tertiary/aromatic N) is 3. The molecule has 1 unspecified atom stereocenters. The summed E-state index contributed by atoms with van der Waals surface area (Å²) < 4.78 is 2.90. The highest BCUT2D eigenvalue weighted by molar-refractivity contribution is 9.10. The minimum atomic E-state index is 0.119. The Labute approximate surface area is 138 Å². The maximum atomic E-state index is 4.42. The van der Waals surface area contributed by atoms with Gasteiger partial charge in [-0.1, -0.05) is 18.2 Å². The van der Waals surface area contributed by atoms with Crippen LogP contribution in [0.3, 0.4) is 0 Å². The highest BCUT2D eigenvalue weighted by atomic mass is 79.9. The molecule has 3 rings (SSSR count). The van der Waals surface area contributed by atoms with Crippen molar-refractivity contribution in [2.24, 2.45) is 0 Å². The number of halogens is 1. The van der Waals surface area contributed by atoms with E-state index in [0.717, 1.165) is 21.5 Å². The summed E-state index contributed by atoms with van der Waals surface area (Å²) in [6.45, 7) is 4.18. The Balaban J connectivity index is 1.89. The Morgan fingerprint density at radius 2 is 2.05 bits per heavy atom. The summed E-state index contributed by atoms with van der Waals surface area (Å²) in [5, 5.41) is 7.78. The summed E-state index contributed by atoms with van der Waals surface area (Å²) in [7, 11) is 0. The van der Waals surface area contributed by atoms with Gasteiger partial charge in [0.05, 0.1) is 11.7 Å². The van der Waals surface area contributed by atoms with Crippen LogP contribution in [0.1, 0.15) is 24.1 Å². The first-order valence-corrected chi connectivity index (χ1v) is 7.92. The highest BCUT2D eigenvalue weighted by Crippen LogP contribution is 2.25. The lowest BCUT2D eigenvalue weighted by molar-refractivity contribution is 0.814. The Kier molecular flexibility index (Phi) is 4.24. The van der Waals surface area contributed by atoms with E-state index in [2.05, 4.69) is 57.3 Å². The van der Waals surface area contributed by atoms with E-state index in [9.17, 15) is 0 Å². The third kappa shape index (κ3) is 3.04. The van der Waals surface area contributed by atoms with E-state index in [0.29, 0.717) is 0 Å². The van der Waals surface area contributed by atoms with Gasteiger partial charge in [0, 0.05) is 23.1 Å². The van der Waals surface area contributed by atoms with Crippen LogP contribution in [0, 0.1) is 6.92 Å². The summed E-state index contributed by atoms with van der Waals surface area (Å²) in [6, 6.07) is 12.3. The Bertz CT molecular complexity index is 768. The molecule has 5 heteroatoms.